The number of carbonyl (C=O) groups is 2. The van der Waals surface area contributed by atoms with Crippen molar-refractivity contribution < 1.29 is 28.5 Å². The fourth-order valence-corrected chi connectivity index (χ4v) is 6.52. The Bertz CT molecular complexity index is 1640. The van der Waals surface area contributed by atoms with Crippen molar-refractivity contribution in [3.05, 3.63) is 82.9 Å². The van der Waals surface area contributed by atoms with E-state index in [-0.39, 0.29) is 24.1 Å². The Balaban J connectivity index is 1.76. The molecule has 2 heterocycles. The van der Waals surface area contributed by atoms with Crippen LogP contribution in [0, 0.1) is 0 Å². The molecule has 10 nitrogen and oxygen atoms in total. The van der Waals surface area contributed by atoms with E-state index in [0.717, 1.165) is 16.7 Å². The van der Waals surface area contributed by atoms with Gasteiger partial charge >= 0.3 is 0 Å². The van der Waals surface area contributed by atoms with Crippen LogP contribution in [0.4, 0.5) is 5.82 Å². The molecular formula is C33H35ClN4O6S. The number of rotatable bonds is 12. The van der Waals surface area contributed by atoms with Crippen molar-refractivity contribution in [1.82, 2.24) is 15.1 Å². The number of halogens is 1. The molecule has 1 aliphatic heterocycles. The van der Waals surface area contributed by atoms with Gasteiger partial charge in [-0.3, -0.25) is 14.5 Å². The van der Waals surface area contributed by atoms with Gasteiger partial charge in [-0.15, -0.1) is 11.8 Å². The number of anilines is 1. The van der Waals surface area contributed by atoms with Gasteiger partial charge in [0.2, 0.25) is 11.8 Å². The number of thioether (sulfide) groups is 1. The third-order valence-corrected chi connectivity index (χ3v) is 8.88. The molecule has 1 aromatic heterocycles. The van der Waals surface area contributed by atoms with Crippen molar-refractivity contribution in [1.29, 1.82) is 0 Å². The monoisotopic (exact) mass is 650 g/mol. The van der Waals surface area contributed by atoms with Crippen LogP contribution in [0.1, 0.15) is 22.8 Å². The van der Waals surface area contributed by atoms with E-state index in [1.807, 2.05) is 54.6 Å². The molecule has 236 valence electrons. The van der Waals surface area contributed by atoms with Gasteiger partial charge in [0, 0.05) is 42.0 Å². The molecule has 0 fully saturated rings. The lowest BCUT2D eigenvalue weighted by atomic mass is 9.98. The molecule has 45 heavy (non-hydrogen) atoms. The molecule has 0 aliphatic carbocycles. The first kappa shape index (κ1) is 32.2. The van der Waals surface area contributed by atoms with Gasteiger partial charge in [-0.25, -0.2) is 4.68 Å². The highest BCUT2D eigenvalue weighted by molar-refractivity contribution is 8.00. The Morgan fingerprint density at radius 2 is 1.69 bits per heavy atom. The molecular weight excluding hydrogens is 616 g/mol. The van der Waals surface area contributed by atoms with Crippen molar-refractivity contribution in [2.75, 3.05) is 58.8 Å². The first-order valence-electron chi connectivity index (χ1n) is 14.3. The molecule has 0 saturated heterocycles. The Labute approximate surface area is 271 Å². The number of methoxy groups -OCH3 is 4. The minimum absolute atomic E-state index is 0.110. The van der Waals surface area contributed by atoms with Gasteiger partial charge in [-0.2, -0.15) is 5.10 Å². The molecule has 0 saturated carbocycles. The Morgan fingerprint density at radius 1 is 0.978 bits per heavy atom. The van der Waals surface area contributed by atoms with Crippen molar-refractivity contribution in [2.24, 2.45) is 0 Å². The Morgan fingerprint density at radius 3 is 2.36 bits per heavy atom. The number of benzene rings is 3. The molecule has 1 atom stereocenters. The third-order valence-electron chi connectivity index (χ3n) is 7.39. The van der Waals surface area contributed by atoms with E-state index in [2.05, 4.69) is 5.32 Å². The number of fused-ring (bicyclic) bond motifs is 1. The van der Waals surface area contributed by atoms with Crippen molar-refractivity contribution in [2.45, 2.75) is 11.7 Å². The average Bonchev–Trinajstić information content (AvgIpc) is 3.39. The summed E-state index contributed by atoms with van der Waals surface area (Å²) in [7, 11) is 6.43. The fourth-order valence-electron chi connectivity index (χ4n) is 5.18. The standard InChI is InChI=1S/C33H35ClN4O6S/c1-41-17-5-16-35-28(39)19-37-29(40)20-45-32(26-18-25(43-3)14-15-27(26)44-4)30-31(21-6-8-22(34)9-7-21)36-38(33(30)37)23-10-12-24(42-2)13-11-23/h6-15,18,32H,5,16-17,19-20H2,1-4H3,(H,35,39)/t32-/m1/s1. The van der Waals surface area contributed by atoms with Crippen molar-refractivity contribution in [3.63, 3.8) is 0 Å². The lowest BCUT2D eigenvalue weighted by Gasteiger charge is -2.24. The van der Waals surface area contributed by atoms with Gasteiger partial charge in [0.05, 0.1) is 43.7 Å². The summed E-state index contributed by atoms with van der Waals surface area (Å²) in [4.78, 5) is 28.8. The molecule has 0 unspecified atom stereocenters. The lowest BCUT2D eigenvalue weighted by Crippen LogP contribution is -2.42. The topological polar surface area (TPSA) is 104 Å². The Hall–Kier alpha value is -4.19. The molecule has 2 amide bonds. The van der Waals surface area contributed by atoms with Crippen LogP contribution in [0.3, 0.4) is 0 Å². The normalized spacial score (nSPS) is 14.5. The molecule has 0 radical (unpaired) electrons. The number of aromatic nitrogens is 2. The van der Waals surface area contributed by atoms with Gasteiger partial charge < -0.3 is 24.3 Å². The van der Waals surface area contributed by atoms with Crippen LogP contribution in [0.25, 0.3) is 16.9 Å². The van der Waals surface area contributed by atoms with Gasteiger partial charge in [-0.05, 0) is 61.0 Å². The highest BCUT2D eigenvalue weighted by Crippen LogP contribution is 2.51. The van der Waals surface area contributed by atoms with Gasteiger partial charge in [0.1, 0.15) is 29.6 Å². The summed E-state index contributed by atoms with van der Waals surface area (Å²) in [6.07, 6.45) is 0.652. The van der Waals surface area contributed by atoms with Crippen LogP contribution < -0.4 is 24.4 Å². The highest BCUT2D eigenvalue weighted by Gasteiger charge is 2.39. The maximum Gasteiger partial charge on any atom is 0.240 e. The molecule has 0 spiro atoms. The molecule has 1 N–H and O–H groups in total. The summed E-state index contributed by atoms with van der Waals surface area (Å²) in [5.74, 6) is 2.04. The first-order valence-corrected chi connectivity index (χ1v) is 15.7. The van der Waals surface area contributed by atoms with E-state index in [1.165, 1.54) is 16.7 Å². The molecule has 4 aromatic rings. The number of amides is 2. The quantitative estimate of drug-likeness (QED) is 0.199. The minimum atomic E-state index is -0.415. The molecule has 12 heteroatoms. The highest BCUT2D eigenvalue weighted by atomic mass is 35.5. The number of carbonyl (C=O) groups excluding carboxylic acids is 2. The van der Waals surface area contributed by atoms with E-state index in [4.69, 9.17) is 35.6 Å². The lowest BCUT2D eigenvalue weighted by molar-refractivity contribution is -0.122. The summed E-state index contributed by atoms with van der Waals surface area (Å²) in [5, 5.41) is 8.20. The van der Waals surface area contributed by atoms with Gasteiger partial charge in [0.25, 0.3) is 0 Å². The number of nitrogens with zero attached hydrogens (tertiary/aromatic N) is 3. The van der Waals surface area contributed by atoms with E-state index >= 15 is 0 Å². The number of hydrogen-bond donors (Lipinski definition) is 1. The number of ether oxygens (including phenoxy) is 4. The minimum Gasteiger partial charge on any atom is -0.497 e. The average molecular weight is 651 g/mol. The molecule has 3 aromatic carbocycles. The summed E-state index contributed by atoms with van der Waals surface area (Å²) in [5.41, 5.74) is 3.69. The van der Waals surface area contributed by atoms with Crippen molar-refractivity contribution in [3.8, 4) is 34.2 Å². The largest absolute Gasteiger partial charge is 0.497 e. The van der Waals surface area contributed by atoms with Crippen LogP contribution in [0.5, 0.6) is 17.2 Å². The number of hydrogen-bond acceptors (Lipinski definition) is 8. The van der Waals surface area contributed by atoms with E-state index in [1.54, 1.807) is 45.3 Å². The molecule has 0 bridgehead atoms. The van der Waals surface area contributed by atoms with Crippen LogP contribution >= 0.6 is 23.4 Å². The van der Waals surface area contributed by atoms with E-state index in [9.17, 15) is 9.59 Å². The summed E-state index contributed by atoms with van der Waals surface area (Å²) >= 11 is 7.72. The van der Waals surface area contributed by atoms with E-state index < -0.39 is 5.25 Å². The fraction of sp³-hybridized carbons (Fsp3) is 0.303. The zero-order valence-corrected chi connectivity index (χ0v) is 27.1. The van der Waals surface area contributed by atoms with E-state index in [0.29, 0.717) is 59.0 Å². The second-order valence-corrected chi connectivity index (χ2v) is 11.7. The predicted octanol–water partition coefficient (Wildman–Crippen LogP) is 5.54. The number of nitrogens with one attached hydrogen (secondary N) is 1. The first-order chi connectivity index (χ1) is 21.9. The zero-order chi connectivity index (χ0) is 31.9. The van der Waals surface area contributed by atoms with Gasteiger partial charge in [0.15, 0.2) is 0 Å². The van der Waals surface area contributed by atoms with Crippen LogP contribution in [-0.4, -0.2) is 75.5 Å². The van der Waals surface area contributed by atoms with Crippen LogP contribution in [0.15, 0.2) is 66.7 Å². The maximum absolute atomic E-state index is 14.0. The second-order valence-electron chi connectivity index (χ2n) is 10.2. The van der Waals surface area contributed by atoms with Crippen molar-refractivity contribution >= 4 is 41.0 Å². The predicted molar refractivity (Wildman–Crippen MR) is 176 cm³/mol. The molecule has 5 rings (SSSR count). The summed E-state index contributed by atoms with van der Waals surface area (Å²) in [6, 6.07) is 20.4. The van der Waals surface area contributed by atoms with Gasteiger partial charge in [-0.1, -0.05) is 23.7 Å². The summed E-state index contributed by atoms with van der Waals surface area (Å²) < 4.78 is 23.6. The maximum atomic E-state index is 14.0. The SMILES string of the molecule is COCCCNC(=O)CN1C(=O)CS[C@H](c2cc(OC)ccc2OC)c2c(-c3ccc(Cl)cc3)nn(-c3ccc(OC)cc3)c21. The molecule has 1 aliphatic rings. The smallest absolute Gasteiger partial charge is 0.240 e. The van der Waals surface area contributed by atoms with Crippen LogP contribution in [-0.2, 0) is 14.3 Å². The summed E-state index contributed by atoms with van der Waals surface area (Å²) in [6.45, 7) is 0.749. The van der Waals surface area contributed by atoms with Crippen LogP contribution in [0.2, 0.25) is 5.02 Å². The Kier molecular flexibility index (Phi) is 10.5. The zero-order valence-electron chi connectivity index (χ0n) is 25.5. The third kappa shape index (κ3) is 7.06. The second kappa shape index (κ2) is 14.7.